The van der Waals surface area contributed by atoms with E-state index in [4.69, 9.17) is 4.74 Å². The number of aryl methyl sites for hydroxylation is 2. The number of methoxy groups -OCH3 is 1. The third kappa shape index (κ3) is 3.62. The molecule has 0 aliphatic carbocycles. The zero-order valence-electron chi connectivity index (χ0n) is 12.4. The number of rotatable bonds is 5. The molecule has 0 aliphatic heterocycles. The van der Waals surface area contributed by atoms with Crippen molar-refractivity contribution in [3.05, 3.63) is 59.2 Å². The Morgan fingerprint density at radius 3 is 2.38 bits per heavy atom. The van der Waals surface area contributed by atoms with Crippen molar-refractivity contribution in [3.8, 4) is 5.75 Å². The Labute approximate surface area is 125 Å². The fourth-order valence-electron chi connectivity index (χ4n) is 2.16. The molecule has 0 atom stereocenters. The number of ether oxygens (including phenoxy) is 1. The van der Waals surface area contributed by atoms with Crippen LogP contribution in [0.3, 0.4) is 0 Å². The highest BCUT2D eigenvalue weighted by atomic mass is 32.2. The Kier molecular flexibility index (Phi) is 4.65. The van der Waals surface area contributed by atoms with Crippen LogP contribution in [0.15, 0.2) is 47.4 Å². The zero-order valence-corrected chi connectivity index (χ0v) is 13.2. The van der Waals surface area contributed by atoms with Gasteiger partial charge in [0, 0.05) is 6.54 Å². The smallest absolute Gasteiger partial charge is 0.241 e. The van der Waals surface area contributed by atoms with Gasteiger partial charge < -0.3 is 4.74 Å². The first-order valence-corrected chi connectivity index (χ1v) is 8.11. The van der Waals surface area contributed by atoms with Crippen molar-refractivity contribution in [3.63, 3.8) is 0 Å². The molecule has 4 nitrogen and oxygen atoms in total. The minimum atomic E-state index is -3.50. The first kappa shape index (κ1) is 15.5. The van der Waals surface area contributed by atoms with Crippen molar-refractivity contribution in [2.75, 3.05) is 7.11 Å². The second-order valence-electron chi connectivity index (χ2n) is 4.89. The molecule has 0 heterocycles. The topological polar surface area (TPSA) is 55.4 Å². The van der Waals surface area contributed by atoms with Gasteiger partial charge in [0.2, 0.25) is 10.0 Å². The van der Waals surface area contributed by atoms with Crippen LogP contribution in [0.4, 0.5) is 0 Å². The predicted molar refractivity (Wildman–Crippen MR) is 82.9 cm³/mol. The average Bonchev–Trinajstić information content (AvgIpc) is 2.45. The van der Waals surface area contributed by atoms with E-state index in [0.29, 0.717) is 4.90 Å². The largest absolute Gasteiger partial charge is 0.496 e. The summed E-state index contributed by atoms with van der Waals surface area (Å²) in [5.74, 6) is 0.792. The van der Waals surface area contributed by atoms with Gasteiger partial charge in [-0.1, -0.05) is 30.3 Å². The van der Waals surface area contributed by atoms with Crippen LogP contribution in [0.1, 0.15) is 16.7 Å². The van der Waals surface area contributed by atoms with Crippen LogP contribution in [-0.2, 0) is 16.6 Å². The average molecular weight is 305 g/mol. The van der Waals surface area contributed by atoms with Crippen molar-refractivity contribution >= 4 is 10.0 Å². The quantitative estimate of drug-likeness (QED) is 0.924. The summed E-state index contributed by atoms with van der Waals surface area (Å²) in [5.41, 5.74) is 2.60. The molecule has 1 N–H and O–H groups in total. The maximum absolute atomic E-state index is 12.3. The summed E-state index contributed by atoms with van der Waals surface area (Å²) in [6, 6.07) is 12.5. The Bertz CT molecular complexity index is 739. The Balaban J connectivity index is 2.16. The zero-order chi connectivity index (χ0) is 15.5. The van der Waals surface area contributed by atoms with E-state index in [0.717, 1.165) is 22.4 Å². The van der Waals surface area contributed by atoms with Crippen molar-refractivity contribution in [2.45, 2.75) is 25.3 Å². The molecule has 0 aliphatic rings. The second kappa shape index (κ2) is 6.28. The number of hydrogen-bond donors (Lipinski definition) is 1. The van der Waals surface area contributed by atoms with Gasteiger partial charge in [-0.2, -0.15) is 0 Å². The molecule has 5 heteroatoms. The van der Waals surface area contributed by atoms with Gasteiger partial charge in [-0.05, 0) is 42.7 Å². The van der Waals surface area contributed by atoms with Crippen molar-refractivity contribution < 1.29 is 13.2 Å². The SMILES string of the molecule is COc1ccc(CNS(=O)(=O)c2ccccc2C)cc1C. The molecule has 112 valence electrons. The molecule has 21 heavy (non-hydrogen) atoms. The lowest BCUT2D eigenvalue weighted by Gasteiger charge is -2.10. The monoisotopic (exact) mass is 305 g/mol. The Morgan fingerprint density at radius 2 is 1.76 bits per heavy atom. The molecule has 0 radical (unpaired) electrons. The Hall–Kier alpha value is -1.85. The molecule has 0 saturated heterocycles. The summed E-state index contributed by atoms with van der Waals surface area (Å²) >= 11 is 0. The molecule has 0 saturated carbocycles. The van der Waals surface area contributed by atoms with Crippen molar-refractivity contribution in [2.24, 2.45) is 0 Å². The van der Waals surface area contributed by atoms with Gasteiger partial charge in [-0.3, -0.25) is 0 Å². The summed E-state index contributed by atoms with van der Waals surface area (Å²) in [6.07, 6.45) is 0. The maximum Gasteiger partial charge on any atom is 0.241 e. The van der Waals surface area contributed by atoms with Crippen LogP contribution in [0.25, 0.3) is 0 Å². The second-order valence-corrected chi connectivity index (χ2v) is 6.63. The lowest BCUT2D eigenvalue weighted by molar-refractivity contribution is 0.411. The van der Waals surface area contributed by atoms with E-state index in [9.17, 15) is 8.42 Å². The van der Waals surface area contributed by atoms with Gasteiger partial charge in [0.25, 0.3) is 0 Å². The van der Waals surface area contributed by atoms with Crippen LogP contribution in [0, 0.1) is 13.8 Å². The highest BCUT2D eigenvalue weighted by Gasteiger charge is 2.15. The molecular formula is C16H19NO3S. The molecule has 0 fully saturated rings. The third-order valence-corrected chi connectivity index (χ3v) is 4.87. The van der Waals surface area contributed by atoms with Crippen LogP contribution in [-0.4, -0.2) is 15.5 Å². The number of nitrogens with one attached hydrogen (secondary N) is 1. The van der Waals surface area contributed by atoms with Gasteiger partial charge >= 0.3 is 0 Å². The highest BCUT2D eigenvalue weighted by molar-refractivity contribution is 7.89. The van der Waals surface area contributed by atoms with E-state index < -0.39 is 10.0 Å². The highest BCUT2D eigenvalue weighted by Crippen LogP contribution is 2.19. The lowest BCUT2D eigenvalue weighted by Crippen LogP contribution is -2.24. The van der Waals surface area contributed by atoms with E-state index in [-0.39, 0.29) is 6.54 Å². The maximum atomic E-state index is 12.3. The lowest BCUT2D eigenvalue weighted by atomic mass is 10.1. The molecule has 0 spiro atoms. The van der Waals surface area contributed by atoms with Gasteiger partial charge in [0.05, 0.1) is 12.0 Å². The van der Waals surface area contributed by atoms with Crippen molar-refractivity contribution in [1.29, 1.82) is 0 Å². The van der Waals surface area contributed by atoms with Crippen LogP contribution < -0.4 is 9.46 Å². The molecule has 0 bridgehead atoms. The van der Waals surface area contributed by atoms with Gasteiger partial charge in [0.1, 0.15) is 5.75 Å². The fraction of sp³-hybridized carbons (Fsp3) is 0.250. The number of hydrogen-bond acceptors (Lipinski definition) is 3. The summed E-state index contributed by atoms with van der Waals surface area (Å²) in [7, 11) is -1.88. The van der Waals surface area contributed by atoms with E-state index >= 15 is 0 Å². The van der Waals surface area contributed by atoms with E-state index in [1.807, 2.05) is 31.2 Å². The minimum Gasteiger partial charge on any atom is -0.496 e. The first-order chi connectivity index (χ1) is 9.94. The summed E-state index contributed by atoms with van der Waals surface area (Å²) in [6.45, 7) is 3.96. The normalized spacial score (nSPS) is 11.4. The standard InChI is InChI=1S/C16H19NO3S/c1-12-6-4-5-7-16(12)21(18,19)17-11-14-8-9-15(20-3)13(2)10-14/h4-10,17H,11H2,1-3H3. The molecule has 2 aromatic rings. The van der Waals surface area contributed by atoms with Crippen LogP contribution >= 0.6 is 0 Å². The molecule has 2 aromatic carbocycles. The Morgan fingerprint density at radius 1 is 1.05 bits per heavy atom. The van der Waals surface area contributed by atoms with Crippen LogP contribution in [0.2, 0.25) is 0 Å². The first-order valence-electron chi connectivity index (χ1n) is 6.63. The van der Waals surface area contributed by atoms with E-state index in [1.54, 1.807) is 32.2 Å². The van der Waals surface area contributed by atoms with Crippen LogP contribution in [0.5, 0.6) is 5.75 Å². The van der Waals surface area contributed by atoms with Gasteiger partial charge in [-0.25, -0.2) is 13.1 Å². The molecule has 0 amide bonds. The molecular weight excluding hydrogens is 286 g/mol. The summed E-state index contributed by atoms with van der Waals surface area (Å²) in [5, 5.41) is 0. The third-order valence-electron chi connectivity index (χ3n) is 3.31. The van der Waals surface area contributed by atoms with Crippen molar-refractivity contribution in [1.82, 2.24) is 4.72 Å². The van der Waals surface area contributed by atoms with E-state index in [1.165, 1.54) is 0 Å². The van der Waals surface area contributed by atoms with Gasteiger partial charge in [0.15, 0.2) is 0 Å². The minimum absolute atomic E-state index is 0.251. The van der Waals surface area contributed by atoms with Gasteiger partial charge in [-0.15, -0.1) is 0 Å². The summed E-state index contributed by atoms with van der Waals surface area (Å²) < 4.78 is 32.4. The predicted octanol–water partition coefficient (Wildman–Crippen LogP) is 2.79. The molecule has 0 aromatic heterocycles. The number of sulfonamides is 1. The van der Waals surface area contributed by atoms with E-state index in [2.05, 4.69) is 4.72 Å². The fourth-order valence-corrected chi connectivity index (χ4v) is 3.43. The molecule has 0 unspecified atom stereocenters. The summed E-state index contributed by atoms with van der Waals surface area (Å²) in [4.78, 5) is 0.315. The number of benzene rings is 2. The molecule has 2 rings (SSSR count).